The first kappa shape index (κ1) is 23.9. The minimum Gasteiger partial charge on any atom is -0.281 e. The molecule has 0 aliphatic carbocycles. The third-order valence-electron chi connectivity index (χ3n) is 5.43. The molecule has 0 unspecified atom stereocenters. The van der Waals surface area contributed by atoms with E-state index in [1.54, 1.807) is 0 Å². The molecule has 0 bridgehead atoms. The number of carbonyl (C=O) groups excluding carboxylic acids is 1. The van der Waals surface area contributed by atoms with Gasteiger partial charge in [0.25, 0.3) is 0 Å². The predicted octanol–water partition coefficient (Wildman–Crippen LogP) is 8.61. The lowest BCUT2D eigenvalue weighted by Gasteiger charge is -2.23. The summed E-state index contributed by atoms with van der Waals surface area (Å²) in [6.07, 6.45) is 19.0. The number of allylic oxidation sites excluding steroid dienone is 2. The summed E-state index contributed by atoms with van der Waals surface area (Å²) < 4.78 is 0. The zero-order valence-electron chi connectivity index (χ0n) is 18.8. The van der Waals surface area contributed by atoms with Gasteiger partial charge in [-0.1, -0.05) is 94.0 Å². The fraction of sp³-hybridized carbons (Fsp3) is 0.464. The van der Waals surface area contributed by atoms with E-state index in [2.05, 4.69) is 19.1 Å². The second-order valence-electron chi connectivity index (χ2n) is 8.03. The number of benzene rings is 2. The molecule has 0 atom stereocenters. The number of carbonyl (C=O) groups is 1. The smallest absolute Gasteiger partial charge is 0.231 e. The summed E-state index contributed by atoms with van der Waals surface area (Å²) in [4.78, 5) is 14.8. The maximum Gasteiger partial charge on any atom is 0.231 e. The van der Waals surface area contributed by atoms with E-state index in [1.165, 1.54) is 57.8 Å². The van der Waals surface area contributed by atoms with Crippen LogP contribution in [-0.4, -0.2) is 5.91 Å². The first-order valence-electron chi connectivity index (χ1n) is 11.9. The lowest BCUT2D eigenvalue weighted by molar-refractivity contribution is -0.118. The number of hydrogen-bond acceptors (Lipinski definition) is 1. The van der Waals surface area contributed by atoms with Gasteiger partial charge in [-0.3, -0.25) is 9.69 Å². The van der Waals surface area contributed by atoms with Gasteiger partial charge in [0.05, 0.1) is 0 Å². The van der Waals surface area contributed by atoms with Crippen LogP contribution >= 0.6 is 0 Å². The fourth-order valence-corrected chi connectivity index (χ4v) is 3.70. The van der Waals surface area contributed by atoms with Gasteiger partial charge in [-0.2, -0.15) is 0 Å². The van der Waals surface area contributed by atoms with Crippen molar-refractivity contribution in [3.05, 3.63) is 72.8 Å². The van der Waals surface area contributed by atoms with Crippen LogP contribution < -0.4 is 4.90 Å². The number of hydrogen-bond donors (Lipinski definition) is 0. The number of nitrogens with zero attached hydrogens (tertiary/aromatic N) is 1. The summed E-state index contributed by atoms with van der Waals surface area (Å²) in [5.74, 6) is 0.179. The van der Waals surface area contributed by atoms with Gasteiger partial charge in [-0.15, -0.1) is 0 Å². The van der Waals surface area contributed by atoms with Crippen molar-refractivity contribution < 1.29 is 4.79 Å². The monoisotopic (exact) mass is 405 g/mol. The van der Waals surface area contributed by atoms with E-state index in [4.69, 9.17) is 0 Å². The van der Waals surface area contributed by atoms with E-state index in [1.807, 2.05) is 65.6 Å². The average molecular weight is 406 g/mol. The summed E-state index contributed by atoms with van der Waals surface area (Å²) in [5, 5.41) is 0. The van der Waals surface area contributed by atoms with Crippen molar-refractivity contribution >= 4 is 17.3 Å². The number of anilines is 2. The van der Waals surface area contributed by atoms with Crippen molar-refractivity contribution in [2.75, 3.05) is 4.90 Å². The molecule has 0 radical (unpaired) electrons. The summed E-state index contributed by atoms with van der Waals surface area (Å²) in [7, 11) is 0. The molecule has 0 saturated heterocycles. The Bertz CT molecular complexity index is 668. The van der Waals surface area contributed by atoms with Crippen LogP contribution in [0.4, 0.5) is 11.4 Å². The Balaban J connectivity index is 1.64. The van der Waals surface area contributed by atoms with Crippen LogP contribution in [-0.2, 0) is 4.79 Å². The fourth-order valence-electron chi connectivity index (χ4n) is 3.70. The van der Waals surface area contributed by atoms with Gasteiger partial charge in [0.2, 0.25) is 5.91 Å². The predicted molar refractivity (Wildman–Crippen MR) is 130 cm³/mol. The van der Waals surface area contributed by atoms with Gasteiger partial charge >= 0.3 is 0 Å². The van der Waals surface area contributed by atoms with Crippen LogP contribution in [0.1, 0.15) is 84.0 Å². The lowest BCUT2D eigenvalue weighted by Crippen LogP contribution is -2.25. The van der Waals surface area contributed by atoms with Crippen molar-refractivity contribution in [3.63, 3.8) is 0 Å². The Hall–Kier alpha value is -2.35. The van der Waals surface area contributed by atoms with E-state index < -0.39 is 0 Å². The molecule has 0 aromatic heterocycles. The molecule has 2 rings (SSSR count). The number of para-hydroxylation sites is 2. The van der Waals surface area contributed by atoms with Crippen LogP contribution in [0.2, 0.25) is 0 Å². The summed E-state index contributed by atoms with van der Waals surface area (Å²) in [5.41, 5.74) is 1.88. The standard InChI is InChI=1S/C28H39NO/c1-2-3-4-5-6-7-8-9-10-11-12-13-20-25-28(30)29(26-21-16-14-17-22-26)27-23-18-15-19-24-27/h7-8,14-19,21-24H,2-6,9-13,20,25H2,1H3/b8-7-. The van der Waals surface area contributed by atoms with Crippen LogP contribution in [0.15, 0.2) is 72.8 Å². The Kier molecular flexibility index (Phi) is 12.3. The molecule has 0 heterocycles. The molecule has 1 amide bonds. The maximum atomic E-state index is 13.0. The van der Waals surface area contributed by atoms with E-state index in [-0.39, 0.29) is 5.91 Å². The molecule has 0 N–H and O–H groups in total. The third-order valence-corrected chi connectivity index (χ3v) is 5.43. The van der Waals surface area contributed by atoms with Crippen LogP contribution in [0.25, 0.3) is 0 Å². The van der Waals surface area contributed by atoms with E-state index in [0.717, 1.165) is 24.2 Å². The lowest BCUT2D eigenvalue weighted by atomic mass is 10.1. The molecule has 30 heavy (non-hydrogen) atoms. The van der Waals surface area contributed by atoms with Gasteiger partial charge in [-0.05, 0) is 56.4 Å². The van der Waals surface area contributed by atoms with E-state index in [0.29, 0.717) is 6.42 Å². The molecule has 0 aliphatic heterocycles. The molecular weight excluding hydrogens is 366 g/mol. The molecule has 0 spiro atoms. The Morgan fingerprint density at radius 1 is 0.667 bits per heavy atom. The zero-order chi connectivity index (χ0) is 21.3. The van der Waals surface area contributed by atoms with Crippen molar-refractivity contribution in [1.82, 2.24) is 0 Å². The second kappa shape index (κ2) is 15.5. The summed E-state index contributed by atoms with van der Waals surface area (Å²) in [6, 6.07) is 19.9. The van der Waals surface area contributed by atoms with E-state index in [9.17, 15) is 4.79 Å². The molecular formula is C28H39NO. The molecule has 0 fully saturated rings. The highest BCUT2D eigenvalue weighted by atomic mass is 16.2. The molecule has 2 nitrogen and oxygen atoms in total. The van der Waals surface area contributed by atoms with Crippen molar-refractivity contribution in [2.24, 2.45) is 0 Å². The first-order chi connectivity index (χ1) is 14.8. The SMILES string of the molecule is CCCCCC/C=C\CCCCCCCC(=O)N(c1ccccc1)c1ccccc1. The Morgan fingerprint density at radius 3 is 1.67 bits per heavy atom. The first-order valence-corrected chi connectivity index (χ1v) is 11.9. The highest BCUT2D eigenvalue weighted by Crippen LogP contribution is 2.26. The highest BCUT2D eigenvalue weighted by Gasteiger charge is 2.16. The normalized spacial score (nSPS) is 11.1. The van der Waals surface area contributed by atoms with Gasteiger partial charge in [0.15, 0.2) is 0 Å². The van der Waals surface area contributed by atoms with Crippen molar-refractivity contribution in [1.29, 1.82) is 0 Å². The number of unbranched alkanes of at least 4 members (excludes halogenated alkanes) is 9. The summed E-state index contributed by atoms with van der Waals surface area (Å²) >= 11 is 0. The third kappa shape index (κ3) is 9.43. The summed E-state index contributed by atoms with van der Waals surface area (Å²) in [6.45, 7) is 2.26. The highest BCUT2D eigenvalue weighted by molar-refractivity contribution is 6.00. The van der Waals surface area contributed by atoms with E-state index >= 15 is 0 Å². The van der Waals surface area contributed by atoms with Gasteiger partial charge in [0, 0.05) is 17.8 Å². The molecule has 2 aromatic rings. The quantitative estimate of drug-likeness (QED) is 0.214. The number of amides is 1. The van der Waals surface area contributed by atoms with Crippen LogP contribution in [0.3, 0.4) is 0 Å². The van der Waals surface area contributed by atoms with Gasteiger partial charge in [-0.25, -0.2) is 0 Å². The van der Waals surface area contributed by atoms with Gasteiger partial charge in [0.1, 0.15) is 0 Å². The molecule has 0 saturated carbocycles. The Morgan fingerprint density at radius 2 is 1.13 bits per heavy atom. The van der Waals surface area contributed by atoms with Crippen LogP contribution in [0, 0.1) is 0 Å². The number of rotatable bonds is 15. The molecule has 162 valence electrons. The largest absolute Gasteiger partial charge is 0.281 e. The topological polar surface area (TPSA) is 20.3 Å². The Labute approximate surface area is 184 Å². The zero-order valence-corrected chi connectivity index (χ0v) is 18.8. The van der Waals surface area contributed by atoms with Crippen molar-refractivity contribution in [2.45, 2.75) is 84.0 Å². The minimum atomic E-state index is 0.179. The molecule has 0 aliphatic rings. The maximum absolute atomic E-state index is 13.0. The average Bonchev–Trinajstić information content (AvgIpc) is 2.78. The second-order valence-corrected chi connectivity index (χ2v) is 8.03. The van der Waals surface area contributed by atoms with Crippen molar-refractivity contribution in [3.8, 4) is 0 Å². The van der Waals surface area contributed by atoms with Gasteiger partial charge < -0.3 is 0 Å². The minimum absolute atomic E-state index is 0.179. The van der Waals surface area contributed by atoms with Crippen LogP contribution in [0.5, 0.6) is 0 Å². The molecule has 2 aromatic carbocycles. The molecule has 2 heteroatoms.